The number of likely N-dealkylation sites (N-methyl/N-ethyl adjacent to an activating group) is 1. The Kier molecular flexibility index (Phi) is 3.18. The van der Waals surface area contributed by atoms with Crippen LogP contribution in [0.2, 0.25) is 0 Å². The average Bonchev–Trinajstić information content (AvgIpc) is 2.47. The second kappa shape index (κ2) is 5.00. The van der Waals surface area contributed by atoms with Crippen molar-refractivity contribution < 1.29 is 4.79 Å². The van der Waals surface area contributed by atoms with Crippen molar-refractivity contribution in [3.63, 3.8) is 0 Å². The van der Waals surface area contributed by atoms with Crippen molar-refractivity contribution in [2.24, 2.45) is 0 Å². The van der Waals surface area contributed by atoms with Crippen LogP contribution in [-0.4, -0.2) is 23.9 Å². The van der Waals surface area contributed by atoms with Gasteiger partial charge in [-0.25, -0.2) is 0 Å². The summed E-state index contributed by atoms with van der Waals surface area (Å²) in [7, 11) is 1.86. The summed E-state index contributed by atoms with van der Waals surface area (Å²) < 4.78 is 0. The second-order valence-corrected chi connectivity index (χ2v) is 5.30. The number of carbonyl (C=O) groups excluding carboxylic acids is 1. The molecule has 20 heavy (non-hydrogen) atoms. The molecule has 0 bridgehead atoms. The highest BCUT2D eigenvalue weighted by atomic mass is 16.2. The molecule has 3 nitrogen and oxygen atoms in total. The number of amides is 1. The summed E-state index contributed by atoms with van der Waals surface area (Å²) in [6.07, 6.45) is 0. The molecule has 1 aliphatic rings. The normalized spacial score (nSPS) is 21.5. The second-order valence-electron chi connectivity index (χ2n) is 5.30. The van der Waals surface area contributed by atoms with E-state index in [4.69, 9.17) is 0 Å². The SMILES string of the molecule is Cc1cccc(NC2C(=O)N(C)C2c2ccccc2)c1. The molecule has 2 atom stereocenters. The smallest absolute Gasteiger partial charge is 0.247 e. The highest BCUT2D eigenvalue weighted by Gasteiger charge is 2.45. The molecule has 0 spiro atoms. The minimum Gasteiger partial charge on any atom is -0.372 e. The van der Waals surface area contributed by atoms with Gasteiger partial charge in [-0.1, -0.05) is 42.5 Å². The molecule has 3 heteroatoms. The number of β-lactam (4-membered cyclic amide) rings is 1. The average molecular weight is 266 g/mol. The fraction of sp³-hybridized carbons (Fsp3) is 0.235. The van der Waals surface area contributed by atoms with Crippen molar-refractivity contribution in [3.8, 4) is 0 Å². The Bertz CT molecular complexity index is 624. The number of rotatable bonds is 3. The largest absolute Gasteiger partial charge is 0.372 e. The van der Waals surface area contributed by atoms with Crippen molar-refractivity contribution in [2.45, 2.75) is 19.0 Å². The van der Waals surface area contributed by atoms with Gasteiger partial charge in [-0.15, -0.1) is 0 Å². The summed E-state index contributed by atoms with van der Waals surface area (Å²) in [5.41, 5.74) is 3.35. The van der Waals surface area contributed by atoms with Crippen molar-refractivity contribution in [2.75, 3.05) is 12.4 Å². The maximum Gasteiger partial charge on any atom is 0.247 e. The van der Waals surface area contributed by atoms with Crippen LogP contribution >= 0.6 is 0 Å². The Labute approximate surface area is 119 Å². The number of benzene rings is 2. The fourth-order valence-corrected chi connectivity index (χ4v) is 2.75. The molecule has 1 heterocycles. The lowest BCUT2D eigenvalue weighted by Crippen LogP contribution is -2.60. The van der Waals surface area contributed by atoms with Gasteiger partial charge in [-0.2, -0.15) is 0 Å². The van der Waals surface area contributed by atoms with E-state index in [1.807, 2.05) is 37.4 Å². The number of carbonyl (C=O) groups is 1. The Morgan fingerprint density at radius 2 is 1.80 bits per heavy atom. The predicted octanol–water partition coefficient (Wildman–Crippen LogP) is 2.99. The van der Waals surface area contributed by atoms with Crippen LogP contribution in [0.1, 0.15) is 17.2 Å². The van der Waals surface area contributed by atoms with E-state index in [0.717, 1.165) is 5.69 Å². The topological polar surface area (TPSA) is 32.3 Å². The van der Waals surface area contributed by atoms with Gasteiger partial charge in [-0.05, 0) is 30.2 Å². The van der Waals surface area contributed by atoms with Crippen molar-refractivity contribution in [1.29, 1.82) is 0 Å². The van der Waals surface area contributed by atoms with Gasteiger partial charge in [0.2, 0.25) is 5.91 Å². The molecule has 2 unspecified atom stereocenters. The van der Waals surface area contributed by atoms with Crippen LogP contribution in [0.5, 0.6) is 0 Å². The molecule has 0 aliphatic carbocycles. The number of anilines is 1. The van der Waals surface area contributed by atoms with Crippen LogP contribution in [0.3, 0.4) is 0 Å². The first-order chi connectivity index (χ1) is 9.66. The lowest BCUT2D eigenvalue weighted by Gasteiger charge is -2.45. The van der Waals surface area contributed by atoms with E-state index in [1.54, 1.807) is 4.90 Å². The first-order valence-corrected chi connectivity index (χ1v) is 6.81. The first-order valence-electron chi connectivity index (χ1n) is 6.81. The van der Waals surface area contributed by atoms with Gasteiger partial charge in [0.05, 0.1) is 6.04 Å². The Morgan fingerprint density at radius 1 is 1.05 bits per heavy atom. The standard InChI is InChI=1S/C17H18N2O/c1-12-7-6-10-14(11-12)18-15-16(19(2)17(15)20)13-8-4-3-5-9-13/h3-11,15-16,18H,1-2H3. The van der Waals surface area contributed by atoms with Crippen molar-refractivity contribution in [3.05, 3.63) is 65.7 Å². The number of likely N-dealkylation sites (tertiary alicyclic amines) is 1. The molecule has 102 valence electrons. The maximum absolute atomic E-state index is 12.1. The maximum atomic E-state index is 12.1. The molecule has 3 rings (SSSR count). The van der Waals surface area contributed by atoms with Gasteiger partial charge in [0.15, 0.2) is 0 Å². The predicted molar refractivity (Wildman–Crippen MR) is 80.5 cm³/mol. The fourth-order valence-electron chi connectivity index (χ4n) is 2.75. The molecular weight excluding hydrogens is 248 g/mol. The summed E-state index contributed by atoms with van der Waals surface area (Å²) in [5.74, 6) is 0.139. The van der Waals surface area contributed by atoms with Gasteiger partial charge in [0.1, 0.15) is 6.04 Å². The van der Waals surface area contributed by atoms with Crippen LogP contribution in [0.15, 0.2) is 54.6 Å². The number of aryl methyl sites for hydroxylation is 1. The lowest BCUT2D eigenvalue weighted by atomic mass is 9.89. The van der Waals surface area contributed by atoms with Crippen LogP contribution in [0, 0.1) is 6.92 Å². The van der Waals surface area contributed by atoms with E-state index in [1.165, 1.54) is 11.1 Å². The third-order valence-electron chi connectivity index (χ3n) is 3.83. The summed E-state index contributed by atoms with van der Waals surface area (Å²) >= 11 is 0. The molecule has 1 amide bonds. The third kappa shape index (κ3) is 2.16. The first kappa shape index (κ1) is 12.7. The zero-order chi connectivity index (χ0) is 14.1. The van der Waals surface area contributed by atoms with Gasteiger partial charge < -0.3 is 10.2 Å². The lowest BCUT2D eigenvalue weighted by molar-refractivity contribution is -0.145. The van der Waals surface area contributed by atoms with Gasteiger partial charge in [0, 0.05) is 12.7 Å². The summed E-state index contributed by atoms with van der Waals surface area (Å²) in [6, 6.07) is 18.2. The van der Waals surface area contributed by atoms with E-state index in [9.17, 15) is 4.79 Å². The van der Waals surface area contributed by atoms with E-state index in [-0.39, 0.29) is 18.0 Å². The molecule has 2 aromatic rings. The van der Waals surface area contributed by atoms with Crippen LogP contribution in [0.4, 0.5) is 5.69 Å². The molecular formula is C17H18N2O. The molecule has 1 aliphatic heterocycles. The summed E-state index contributed by atoms with van der Waals surface area (Å²) in [6.45, 7) is 2.05. The highest BCUT2D eigenvalue weighted by Crippen LogP contribution is 2.35. The molecule has 0 aromatic heterocycles. The molecule has 2 aromatic carbocycles. The Morgan fingerprint density at radius 3 is 2.50 bits per heavy atom. The Hall–Kier alpha value is -2.29. The zero-order valence-corrected chi connectivity index (χ0v) is 11.7. The zero-order valence-electron chi connectivity index (χ0n) is 11.7. The van der Waals surface area contributed by atoms with Gasteiger partial charge >= 0.3 is 0 Å². The van der Waals surface area contributed by atoms with Crippen LogP contribution < -0.4 is 5.32 Å². The Balaban J connectivity index is 1.83. The van der Waals surface area contributed by atoms with E-state index in [2.05, 4.69) is 36.5 Å². The minimum absolute atomic E-state index is 0.101. The molecule has 1 N–H and O–H groups in total. The number of hydrogen-bond acceptors (Lipinski definition) is 2. The van der Waals surface area contributed by atoms with Gasteiger partial charge in [-0.3, -0.25) is 4.79 Å². The van der Waals surface area contributed by atoms with Crippen molar-refractivity contribution >= 4 is 11.6 Å². The van der Waals surface area contributed by atoms with Crippen molar-refractivity contribution in [1.82, 2.24) is 4.90 Å². The van der Waals surface area contributed by atoms with Crippen LogP contribution in [-0.2, 0) is 4.79 Å². The number of nitrogens with one attached hydrogen (secondary N) is 1. The molecule has 0 saturated carbocycles. The van der Waals surface area contributed by atoms with E-state index in [0.29, 0.717) is 0 Å². The minimum atomic E-state index is -0.177. The molecule has 0 radical (unpaired) electrons. The molecule has 1 saturated heterocycles. The summed E-state index contributed by atoms with van der Waals surface area (Å²) in [5, 5.41) is 3.36. The van der Waals surface area contributed by atoms with E-state index >= 15 is 0 Å². The van der Waals surface area contributed by atoms with Crippen LogP contribution in [0.25, 0.3) is 0 Å². The number of nitrogens with zero attached hydrogens (tertiary/aromatic N) is 1. The third-order valence-corrected chi connectivity index (χ3v) is 3.83. The number of hydrogen-bond donors (Lipinski definition) is 1. The summed E-state index contributed by atoms with van der Waals surface area (Å²) in [4.78, 5) is 13.9. The highest BCUT2D eigenvalue weighted by molar-refractivity contribution is 5.92. The van der Waals surface area contributed by atoms with E-state index < -0.39 is 0 Å². The van der Waals surface area contributed by atoms with Gasteiger partial charge in [0.25, 0.3) is 0 Å². The monoisotopic (exact) mass is 266 g/mol. The quantitative estimate of drug-likeness (QED) is 0.866. The molecule has 1 fully saturated rings.